The standard InChI is InChI=1S/C36H38FN3O6S/c1-4-45-32(41)24-40-33(26-12-8-6-9-13-26)34(36(42)46-5-2)39(35(40)27-14-10-7-11-15-27)23-28-22-29(37)18-21-31(28)38-47(43,44)30-19-16-25(3)17-20-30/h6-22,33-35,38H,4-5,23-24H2,1-3H3/t33-,34-,35+/m0/s1. The zero-order chi connectivity index (χ0) is 33.6. The van der Waals surface area contributed by atoms with E-state index in [4.69, 9.17) is 9.47 Å². The summed E-state index contributed by atoms with van der Waals surface area (Å²) in [5.41, 5.74) is 2.88. The summed E-state index contributed by atoms with van der Waals surface area (Å²) in [5, 5.41) is 0. The maximum atomic E-state index is 14.9. The lowest BCUT2D eigenvalue weighted by molar-refractivity contribution is -0.150. The number of carbonyl (C=O) groups is 2. The number of anilines is 1. The molecule has 0 bridgehead atoms. The number of carbonyl (C=O) groups excluding carboxylic acids is 2. The molecule has 0 amide bonds. The van der Waals surface area contributed by atoms with Crippen molar-refractivity contribution in [1.29, 1.82) is 0 Å². The van der Waals surface area contributed by atoms with Gasteiger partial charge in [0.2, 0.25) is 0 Å². The Bertz CT molecular complexity index is 1790. The lowest BCUT2D eigenvalue weighted by Gasteiger charge is -2.32. The average molecular weight is 660 g/mol. The molecule has 11 heteroatoms. The van der Waals surface area contributed by atoms with Gasteiger partial charge in [0.25, 0.3) is 10.0 Å². The first-order valence-corrected chi connectivity index (χ1v) is 16.9. The number of sulfonamides is 1. The molecule has 47 heavy (non-hydrogen) atoms. The molecule has 1 N–H and O–H groups in total. The van der Waals surface area contributed by atoms with Gasteiger partial charge >= 0.3 is 11.9 Å². The van der Waals surface area contributed by atoms with Crippen LogP contribution in [-0.4, -0.2) is 56.0 Å². The molecule has 246 valence electrons. The predicted octanol–water partition coefficient (Wildman–Crippen LogP) is 5.99. The second-order valence-electron chi connectivity index (χ2n) is 11.2. The second kappa shape index (κ2) is 14.9. The van der Waals surface area contributed by atoms with E-state index in [0.717, 1.165) is 16.7 Å². The van der Waals surface area contributed by atoms with Crippen LogP contribution in [0.3, 0.4) is 0 Å². The van der Waals surface area contributed by atoms with Crippen LogP contribution >= 0.6 is 0 Å². The highest BCUT2D eigenvalue weighted by atomic mass is 32.2. The number of hydrogen-bond donors (Lipinski definition) is 1. The summed E-state index contributed by atoms with van der Waals surface area (Å²) in [4.78, 5) is 30.8. The topological polar surface area (TPSA) is 105 Å². The number of nitrogens with zero attached hydrogens (tertiary/aromatic N) is 2. The fourth-order valence-electron chi connectivity index (χ4n) is 6.02. The summed E-state index contributed by atoms with van der Waals surface area (Å²) in [6, 6.07) is 27.2. The normalized spacial score (nSPS) is 18.5. The van der Waals surface area contributed by atoms with E-state index in [-0.39, 0.29) is 36.9 Å². The molecule has 0 unspecified atom stereocenters. The van der Waals surface area contributed by atoms with Gasteiger partial charge in [-0.15, -0.1) is 0 Å². The van der Waals surface area contributed by atoms with Gasteiger partial charge in [-0.25, -0.2) is 12.8 Å². The van der Waals surface area contributed by atoms with Gasteiger partial charge in [-0.1, -0.05) is 78.4 Å². The van der Waals surface area contributed by atoms with Crippen LogP contribution in [0.4, 0.5) is 10.1 Å². The number of benzene rings is 4. The Balaban J connectivity index is 1.66. The zero-order valence-electron chi connectivity index (χ0n) is 26.5. The van der Waals surface area contributed by atoms with Crippen LogP contribution in [0.1, 0.15) is 48.3 Å². The third kappa shape index (κ3) is 7.70. The Morgan fingerprint density at radius 2 is 1.43 bits per heavy atom. The number of esters is 2. The summed E-state index contributed by atoms with van der Waals surface area (Å²) in [6.45, 7) is 5.35. The third-order valence-corrected chi connectivity index (χ3v) is 9.40. The van der Waals surface area contributed by atoms with Crippen LogP contribution in [0, 0.1) is 12.7 Å². The molecule has 1 aliphatic rings. The van der Waals surface area contributed by atoms with Gasteiger partial charge in [-0.05, 0) is 67.8 Å². The highest BCUT2D eigenvalue weighted by molar-refractivity contribution is 7.92. The fourth-order valence-corrected chi connectivity index (χ4v) is 7.12. The molecule has 1 aliphatic heterocycles. The minimum absolute atomic E-state index is 0.0517. The smallest absolute Gasteiger partial charge is 0.325 e. The molecule has 0 aromatic heterocycles. The Morgan fingerprint density at radius 1 is 0.809 bits per heavy atom. The molecule has 1 heterocycles. The van der Waals surface area contributed by atoms with Crippen LogP contribution in [0.5, 0.6) is 0 Å². The number of rotatable bonds is 12. The lowest BCUT2D eigenvalue weighted by atomic mass is 9.98. The largest absolute Gasteiger partial charge is 0.465 e. The first-order chi connectivity index (χ1) is 22.6. The maximum Gasteiger partial charge on any atom is 0.325 e. The van der Waals surface area contributed by atoms with Crippen molar-refractivity contribution < 1.29 is 31.9 Å². The van der Waals surface area contributed by atoms with E-state index in [0.29, 0.717) is 5.56 Å². The minimum atomic E-state index is -4.04. The number of hydrogen-bond acceptors (Lipinski definition) is 8. The highest BCUT2D eigenvalue weighted by Crippen LogP contribution is 2.47. The minimum Gasteiger partial charge on any atom is -0.465 e. The Kier molecular flexibility index (Phi) is 10.7. The molecule has 0 aliphatic carbocycles. The van der Waals surface area contributed by atoms with Crippen molar-refractivity contribution in [2.24, 2.45) is 0 Å². The van der Waals surface area contributed by atoms with E-state index in [1.165, 1.54) is 30.3 Å². The second-order valence-corrected chi connectivity index (χ2v) is 12.9. The van der Waals surface area contributed by atoms with Gasteiger partial charge in [0.15, 0.2) is 0 Å². The predicted molar refractivity (Wildman–Crippen MR) is 176 cm³/mol. The number of aryl methyl sites for hydroxylation is 1. The van der Waals surface area contributed by atoms with E-state index < -0.39 is 46.0 Å². The van der Waals surface area contributed by atoms with Crippen molar-refractivity contribution in [3.63, 3.8) is 0 Å². The Labute approximate surface area is 275 Å². The number of halogens is 1. The number of ether oxygens (including phenoxy) is 2. The van der Waals surface area contributed by atoms with Gasteiger partial charge in [0, 0.05) is 6.54 Å². The molecule has 3 atom stereocenters. The summed E-state index contributed by atoms with van der Waals surface area (Å²) in [7, 11) is -4.04. The van der Waals surface area contributed by atoms with Crippen molar-refractivity contribution in [3.8, 4) is 0 Å². The molecule has 4 aromatic rings. The summed E-state index contributed by atoms with van der Waals surface area (Å²) >= 11 is 0. The maximum absolute atomic E-state index is 14.9. The average Bonchev–Trinajstić information content (AvgIpc) is 3.36. The van der Waals surface area contributed by atoms with Crippen molar-refractivity contribution in [1.82, 2.24) is 9.80 Å². The van der Waals surface area contributed by atoms with Crippen molar-refractivity contribution in [2.75, 3.05) is 24.5 Å². The SMILES string of the molecule is CCOC(=O)CN1[C@H](c2ccccc2)N(Cc2cc(F)ccc2NS(=O)(=O)c2ccc(C)cc2)[C@H](C(=O)OCC)[C@@H]1c1ccccc1. The molecule has 0 spiro atoms. The molecule has 4 aromatic carbocycles. The molecule has 5 rings (SSSR count). The molecule has 9 nitrogen and oxygen atoms in total. The van der Waals surface area contributed by atoms with Crippen LogP contribution < -0.4 is 4.72 Å². The Hall–Kier alpha value is -4.58. The van der Waals surface area contributed by atoms with E-state index in [1.807, 2.05) is 77.4 Å². The fraction of sp³-hybridized carbons (Fsp3) is 0.278. The first kappa shape index (κ1) is 33.8. The molecule has 0 saturated carbocycles. The molecule has 1 saturated heterocycles. The van der Waals surface area contributed by atoms with Crippen molar-refractivity contribution in [3.05, 3.63) is 131 Å². The first-order valence-electron chi connectivity index (χ1n) is 15.4. The van der Waals surface area contributed by atoms with Gasteiger partial charge < -0.3 is 9.47 Å². The van der Waals surface area contributed by atoms with Crippen LogP contribution in [-0.2, 0) is 35.6 Å². The molecule has 1 fully saturated rings. The summed E-state index contributed by atoms with van der Waals surface area (Å²) < 4.78 is 55.5. The highest BCUT2D eigenvalue weighted by Gasteiger charge is 2.53. The van der Waals surface area contributed by atoms with Crippen molar-refractivity contribution in [2.45, 2.75) is 50.5 Å². The lowest BCUT2D eigenvalue weighted by Crippen LogP contribution is -2.41. The van der Waals surface area contributed by atoms with Crippen LogP contribution in [0.15, 0.2) is 108 Å². The molecular formula is C36H38FN3O6S. The quantitative estimate of drug-likeness (QED) is 0.185. The van der Waals surface area contributed by atoms with Gasteiger partial charge in [-0.3, -0.25) is 24.1 Å². The van der Waals surface area contributed by atoms with Crippen LogP contribution in [0.25, 0.3) is 0 Å². The summed E-state index contributed by atoms with van der Waals surface area (Å²) in [6.07, 6.45) is -0.690. The monoisotopic (exact) mass is 659 g/mol. The van der Waals surface area contributed by atoms with Crippen molar-refractivity contribution >= 4 is 27.6 Å². The number of nitrogens with one attached hydrogen (secondary N) is 1. The summed E-state index contributed by atoms with van der Waals surface area (Å²) in [5.74, 6) is -1.59. The molecular weight excluding hydrogens is 621 g/mol. The molecule has 0 radical (unpaired) electrons. The zero-order valence-corrected chi connectivity index (χ0v) is 27.3. The van der Waals surface area contributed by atoms with E-state index in [2.05, 4.69) is 4.72 Å². The van der Waals surface area contributed by atoms with Gasteiger partial charge in [-0.2, -0.15) is 0 Å². The Morgan fingerprint density at radius 3 is 2.04 bits per heavy atom. The third-order valence-electron chi connectivity index (χ3n) is 8.02. The van der Waals surface area contributed by atoms with E-state index in [1.54, 1.807) is 26.0 Å². The van der Waals surface area contributed by atoms with Gasteiger partial charge in [0.05, 0.1) is 42.5 Å². The van der Waals surface area contributed by atoms with Gasteiger partial charge in [0.1, 0.15) is 11.9 Å². The van der Waals surface area contributed by atoms with E-state index in [9.17, 15) is 22.4 Å². The van der Waals surface area contributed by atoms with E-state index >= 15 is 0 Å². The van der Waals surface area contributed by atoms with Crippen LogP contribution in [0.2, 0.25) is 0 Å².